The molecule has 182 valence electrons. The van der Waals surface area contributed by atoms with E-state index in [0.29, 0.717) is 0 Å². The molecule has 2 heteroatoms. The van der Waals surface area contributed by atoms with Crippen molar-refractivity contribution in [2.24, 2.45) is 0 Å². The Balaban J connectivity index is 1.56. The van der Waals surface area contributed by atoms with Gasteiger partial charge < -0.3 is 4.90 Å². The smallest absolute Gasteiger partial charge is 0.179 e. The van der Waals surface area contributed by atoms with Gasteiger partial charge in [-0.15, -0.1) is 0 Å². The number of hydrogen-bond donors (Lipinski definition) is 0. The largest absolute Gasteiger partial charge is 0.311 e. The second kappa shape index (κ2) is 10.8. The molecule has 0 atom stereocenters. The average molecular weight is 504 g/mol. The van der Waals surface area contributed by atoms with Gasteiger partial charge in [-0.05, 0) is 57.1 Å². The molecule has 38 heavy (non-hydrogen) atoms. The molecule has 6 aromatic carbocycles. The second-order valence-electron chi connectivity index (χ2n) is 9.40. The molecule has 0 N–H and O–H groups in total. The molecular formula is C36H29NSi. The van der Waals surface area contributed by atoms with Gasteiger partial charge in [0.05, 0.1) is 0 Å². The Morgan fingerprint density at radius 2 is 0.526 bits per heavy atom. The van der Waals surface area contributed by atoms with Crippen LogP contribution in [-0.2, 0) is 0 Å². The first-order valence-corrected chi connectivity index (χ1v) is 15.0. The third-order valence-electron chi connectivity index (χ3n) is 7.21. The summed E-state index contributed by atoms with van der Waals surface area (Å²) in [7, 11) is -2.53. The summed E-state index contributed by atoms with van der Waals surface area (Å²) in [5.41, 5.74) is 3.43. The first-order chi connectivity index (χ1) is 18.9. The summed E-state index contributed by atoms with van der Waals surface area (Å²) >= 11 is 0. The van der Waals surface area contributed by atoms with E-state index in [2.05, 4.69) is 181 Å². The quantitative estimate of drug-likeness (QED) is 0.177. The van der Waals surface area contributed by atoms with E-state index in [4.69, 9.17) is 0 Å². The van der Waals surface area contributed by atoms with Crippen LogP contribution in [0.3, 0.4) is 0 Å². The van der Waals surface area contributed by atoms with E-state index < -0.39 is 8.07 Å². The zero-order valence-electron chi connectivity index (χ0n) is 21.2. The van der Waals surface area contributed by atoms with Crippen molar-refractivity contribution in [3.8, 4) is 0 Å². The highest BCUT2D eigenvalue weighted by molar-refractivity contribution is 7.19. The molecule has 0 aliphatic heterocycles. The fraction of sp³-hybridized carbons (Fsp3) is 0. The van der Waals surface area contributed by atoms with E-state index >= 15 is 0 Å². The van der Waals surface area contributed by atoms with Crippen LogP contribution in [0.4, 0.5) is 17.1 Å². The van der Waals surface area contributed by atoms with Gasteiger partial charge in [0.2, 0.25) is 0 Å². The van der Waals surface area contributed by atoms with Gasteiger partial charge in [-0.2, -0.15) is 0 Å². The van der Waals surface area contributed by atoms with Crippen LogP contribution < -0.4 is 25.6 Å². The fourth-order valence-electron chi connectivity index (χ4n) is 5.53. The van der Waals surface area contributed by atoms with Crippen molar-refractivity contribution in [2.75, 3.05) is 4.90 Å². The normalized spacial score (nSPS) is 11.2. The van der Waals surface area contributed by atoms with Gasteiger partial charge in [-0.3, -0.25) is 0 Å². The van der Waals surface area contributed by atoms with Gasteiger partial charge in [-0.1, -0.05) is 140 Å². The van der Waals surface area contributed by atoms with Gasteiger partial charge in [0.1, 0.15) is 0 Å². The lowest BCUT2D eigenvalue weighted by Crippen LogP contribution is -2.74. The number of nitrogens with zero attached hydrogens (tertiary/aromatic N) is 1. The predicted molar refractivity (Wildman–Crippen MR) is 165 cm³/mol. The first-order valence-electron chi connectivity index (χ1n) is 13.0. The minimum atomic E-state index is -2.53. The molecule has 6 rings (SSSR count). The minimum absolute atomic E-state index is 1.14. The van der Waals surface area contributed by atoms with Crippen LogP contribution in [-0.4, -0.2) is 8.07 Å². The van der Waals surface area contributed by atoms with Crippen molar-refractivity contribution in [3.63, 3.8) is 0 Å². The molecule has 6 aromatic rings. The number of anilines is 3. The molecule has 0 bridgehead atoms. The Hall–Kier alpha value is -4.66. The van der Waals surface area contributed by atoms with Crippen LogP contribution in [0.15, 0.2) is 176 Å². The molecular weight excluding hydrogens is 474 g/mol. The van der Waals surface area contributed by atoms with Crippen molar-refractivity contribution in [3.05, 3.63) is 176 Å². The van der Waals surface area contributed by atoms with E-state index in [0.717, 1.165) is 17.1 Å². The number of benzene rings is 6. The Morgan fingerprint density at radius 3 is 0.868 bits per heavy atom. The van der Waals surface area contributed by atoms with Crippen molar-refractivity contribution < 1.29 is 0 Å². The molecule has 0 aromatic heterocycles. The van der Waals surface area contributed by atoms with E-state index in [-0.39, 0.29) is 0 Å². The molecule has 0 amide bonds. The molecule has 0 fully saturated rings. The van der Waals surface area contributed by atoms with Crippen LogP contribution in [0.2, 0.25) is 0 Å². The standard InChI is InChI=1S/C36H29NSi/c1-6-16-30(17-7-1)37(31-18-8-2-9-19-31)32-26-28-36(29-27-32)38(33-20-10-3-11-21-33,34-22-12-4-13-23-34)35-24-14-5-15-25-35/h1-29H. The highest BCUT2D eigenvalue weighted by Gasteiger charge is 2.41. The molecule has 1 nitrogen and oxygen atoms in total. The van der Waals surface area contributed by atoms with Crippen molar-refractivity contribution >= 4 is 45.9 Å². The van der Waals surface area contributed by atoms with Gasteiger partial charge in [0.15, 0.2) is 8.07 Å². The third-order valence-corrected chi connectivity index (χ3v) is 12.0. The van der Waals surface area contributed by atoms with Gasteiger partial charge >= 0.3 is 0 Å². The number of para-hydroxylation sites is 2. The second-order valence-corrected chi connectivity index (χ2v) is 13.2. The van der Waals surface area contributed by atoms with Gasteiger partial charge in [-0.25, -0.2) is 0 Å². The summed E-state index contributed by atoms with van der Waals surface area (Å²) in [6.07, 6.45) is 0. The maximum absolute atomic E-state index is 2.53. The molecule has 0 radical (unpaired) electrons. The maximum Gasteiger partial charge on any atom is 0.179 e. The molecule has 0 spiro atoms. The van der Waals surface area contributed by atoms with Crippen LogP contribution in [0.5, 0.6) is 0 Å². The number of hydrogen-bond acceptors (Lipinski definition) is 1. The van der Waals surface area contributed by atoms with Crippen molar-refractivity contribution in [2.45, 2.75) is 0 Å². The zero-order chi connectivity index (χ0) is 25.6. The van der Waals surface area contributed by atoms with Crippen LogP contribution >= 0.6 is 0 Å². The van der Waals surface area contributed by atoms with E-state index in [1.807, 2.05) is 0 Å². The molecule has 0 heterocycles. The summed E-state index contributed by atoms with van der Waals surface area (Å²) in [6.45, 7) is 0. The van der Waals surface area contributed by atoms with Crippen LogP contribution in [0.1, 0.15) is 0 Å². The summed E-state index contributed by atoms with van der Waals surface area (Å²) in [5.74, 6) is 0. The monoisotopic (exact) mass is 503 g/mol. The summed E-state index contributed by atoms with van der Waals surface area (Å²) < 4.78 is 0. The molecule has 0 saturated carbocycles. The number of rotatable bonds is 7. The minimum Gasteiger partial charge on any atom is -0.311 e. The lowest BCUT2D eigenvalue weighted by Gasteiger charge is -2.35. The van der Waals surface area contributed by atoms with Crippen LogP contribution in [0, 0.1) is 0 Å². The zero-order valence-corrected chi connectivity index (χ0v) is 22.2. The Bertz CT molecular complexity index is 1430. The summed E-state index contributed by atoms with van der Waals surface area (Å²) in [4.78, 5) is 2.32. The highest BCUT2D eigenvalue weighted by Crippen LogP contribution is 2.33. The van der Waals surface area contributed by atoms with Gasteiger partial charge in [0, 0.05) is 17.1 Å². The average Bonchev–Trinajstić information content (AvgIpc) is 3.01. The Labute approximate surface area is 226 Å². The maximum atomic E-state index is 2.35. The summed E-state index contributed by atoms with van der Waals surface area (Å²) in [6, 6.07) is 63.6. The van der Waals surface area contributed by atoms with E-state index in [1.54, 1.807) is 0 Å². The lowest BCUT2D eigenvalue weighted by atomic mass is 10.2. The third kappa shape index (κ3) is 4.36. The van der Waals surface area contributed by atoms with Crippen LogP contribution in [0.25, 0.3) is 0 Å². The van der Waals surface area contributed by atoms with Gasteiger partial charge in [0.25, 0.3) is 0 Å². The molecule has 0 saturated heterocycles. The highest BCUT2D eigenvalue weighted by atomic mass is 28.3. The van der Waals surface area contributed by atoms with Crippen molar-refractivity contribution in [1.82, 2.24) is 0 Å². The van der Waals surface area contributed by atoms with Crippen molar-refractivity contribution in [1.29, 1.82) is 0 Å². The SMILES string of the molecule is c1ccc(N(c2ccccc2)c2ccc([Si](c3ccccc3)(c3ccccc3)c3ccccc3)cc2)cc1. The molecule has 0 unspecified atom stereocenters. The van der Waals surface area contributed by atoms with E-state index in [9.17, 15) is 0 Å². The lowest BCUT2D eigenvalue weighted by molar-refractivity contribution is 1.28. The van der Waals surface area contributed by atoms with E-state index in [1.165, 1.54) is 20.7 Å². The first kappa shape index (κ1) is 23.7. The Kier molecular flexibility index (Phi) is 6.71. The fourth-order valence-corrected chi connectivity index (χ4v) is 10.3. The predicted octanol–water partition coefficient (Wildman–Crippen LogP) is 6.53. The Morgan fingerprint density at radius 1 is 0.263 bits per heavy atom. The molecule has 0 aliphatic rings. The molecule has 0 aliphatic carbocycles. The topological polar surface area (TPSA) is 3.24 Å². The summed E-state index contributed by atoms with van der Waals surface area (Å²) in [5, 5.41) is 5.51.